The first kappa shape index (κ1) is 32.6. The number of Topliss-reactive ketones (excluding diaryl/α,β-unsaturated/α-hetero) is 1. The predicted octanol–water partition coefficient (Wildman–Crippen LogP) is 9.87. The van der Waals surface area contributed by atoms with Gasteiger partial charge in [0.2, 0.25) is 13.1 Å². The van der Waals surface area contributed by atoms with Gasteiger partial charge in [-0.15, -0.1) is 0 Å². The lowest BCUT2D eigenvalue weighted by atomic mass is 10.1. The summed E-state index contributed by atoms with van der Waals surface area (Å²) in [5.74, 6) is 1.16. The van der Waals surface area contributed by atoms with Crippen molar-refractivity contribution in [1.82, 2.24) is 0 Å². The highest BCUT2D eigenvalue weighted by molar-refractivity contribution is 7.06. The summed E-state index contributed by atoms with van der Waals surface area (Å²) in [6.07, 6.45) is 23.4. The zero-order chi connectivity index (χ0) is 25.0. The van der Waals surface area contributed by atoms with Gasteiger partial charge in [0.05, 0.1) is 0 Å². The topological polar surface area (TPSA) is 34.1 Å². The van der Waals surface area contributed by atoms with Crippen LogP contribution in [0.2, 0.25) is 15.8 Å². The van der Waals surface area contributed by atoms with Gasteiger partial charge in [0.15, 0.2) is 0 Å². The molecule has 0 fully saturated rings. The van der Waals surface area contributed by atoms with Crippen LogP contribution in [0.1, 0.15) is 138 Å². The summed E-state index contributed by atoms with van der Waals surface area (Å²) in [5.41, 5.74) is 0. The number of allylic oxidation sites excluding steroid dienone is 2. The minimum Gasteiger partial charge on any atom is -0.355 e. The van der Waals surface area contributed by atoms with E-state index >= 15 is 0 Å². The number of hydrogen-bond acceptors (Lipinski definition) is 2. The van der Waals surface area contributed by atoms with E-state index in [1.807, 2.05) is 0 Å². The molecule has 0 amide bonds. The molecule has 0 aromatic carbocycles. The Morgan fingerprint density at radius 3 is 1.52 bits per heavy atom. The monoisotopic (exact) mass is 477 g/mol. The minimum atomic E-state index is -2.42. The average Bonchev–Trinajstić information content (AvgIpc) is 2.71. The molecule has 3 heteroatoms. The van der Waals surface area contributed by atoms with E-state index < -0.39 is 13.1 Å². The lowest BCUT2D eigenvalue weighted by molar-refractivity contribution is -0.122. The molecule has 0 saturated heterocycles. The summed E-state index contributed by atoms with van der Waals surface area (Å²) in [6, 6.07) is 0. The van der Waals surface area contributed by atoms with Crippen molar-refractivity contribution in [2.24, 2.45) is 11.8 Å². The van der Waals surface area contributed by atoms with Gasteiger partial charge in [0.1, 0.15) is 5.78 Å². The van der Waals surface area contributed by atoms with Crippen molar-refractivity contribution < 1.29 is 9.59 Å². The van der Waals surface area contributed by atoms with E-state index in [0.29, 0.717) is 16.5 Å². The molecule has 0 aromatic heterocycles. The molecule has 0 heterocycles. The zero-order valence-corrected chi connectivity index (χ0v) is 24.6. The summed E-state index contributed by atoms with van der Waals surface area (Å²) in [6.45, 7) is 12.8. The smallest absolute Gasteiger partial charge is 0.221 e. The van der Waals surface area contributed by atoms with Crippen LogP contribution < -0.4 is 0 Å². The van der Waals surface area contributed by atoms with Crippen molar-refractivity contribution in [3.63, 3.8) is 0 Å². The van der Waals surface area contributed by atoms with Crippen LogP contribution in [0.15, 0.2) is 12.2 Å². The van der Waals surface area contributed by atoms with E-state index in [4.69, 9.17) is 0 Å². The first-order valence-corrected chi connectivity index (χ1v) is 17.6. The summed E-state index contributed by atoms with van der Waals surface area (Å²) >= 11 is -2.42. The van der Waals surface area contributed by atoms with E-state index in [2.05, 4.69) is 46.8 Å². The molecule has 0 rings (SSSR count). The molecule has 0 saturated carbocycles. The Morgan fingerprint density at radius 2 is 1.09 bits per heavy atom. The second-order valence-corrected chi connectivity index (χ2v) is 16.9. The molecule has 33 heavy (non-hydrogen) atoms. The number of ketones is 1. The fraction of sp³-hybridized carbons (Fsp3) is 0.867. The average molecular weight is 478 g/mol. The molecule has 0 unspecified atom stereocenters. The van der Waals surface area contributed by atoms with Crippen molar-refractivity contribution in [1.29, 1.82) is 0 Å². The highest BCUT2D eigenvalue weighted by atomic mass is 27.2. The quantitative estimate of drug-likeness (QED) is 0.0635. The van der Waals surface area contributed by atoms with Crippen LogP contribution >= 0.6 is 0 Å². The van der Waals surface area contributed by atoms with Gasteiger partial charge < -0.3 is 4.79 Å². The van der Waals surface area contributed by atoms with Gasteiger partial charge in [-0.25, -0.2) is 0 Å². The molecule has 0 bridgehead atoms. The van der Waals surface area contributed by atoms with Gasteiger partial charge in [0, 0.05) is 6.42 Å². The molecule has 0 atom stereocenters. The van der Waals surface area contributed by atoms with Crippen LogP contribution in [0.4, 0.5) is 0 Å². The Bertz CT molecular complexity index is 511. The summed E-state index contributed by atoms with van der Waals surface area (Å²) < 4.78 is 0.366. The summed E-state index contributed by atoms with van der Waals surface area (Å²) in [4.78, 5) is 24.9. The zero-order valence-electron chi connectivity index (χ0n) is 23.4. The van der Waals surface area contributed by atoms with Gasteiger partial charge in [-0.1, -0.05) is 127 Å². The third-order valence-electron chi connectivity index (χ3n) is 7.22. The Morgan fingerprint density at radius 1 is 0.667 bits per heavy atom. The fourth-order valence-electron chi connectivity index (χ4n) is 5.81. The van der Waals surface area contributed by atoms with E-state index in [0.717, 1.165) is 15.8 Å². The molecule has 0 spiro atoms. The van der Waals surface area contributed by atoms with Crippen LogP contribution in [-0.2, 0) is 9.59 Å². The first-order valence-electron chi connectivity index (χ1n) is 14.6. The number of hydrogen-bond donors (Lipinski definition) is 0. The highest BCUT2D eigenvalue weighted by Crippen LogP contribution is 2.33. The van der Waals surface area contributed by atoms with Crippen LogP contribution in [0.25, 0.3) is 0 Å². The third kappa shape index (κ3) is 18.6. The van der Waals surface area contributed by atoms with Crippen LogP contribution in [0, 0.1) is 11.8 Å². The Kier molecular flexibility index (Phi) is 20.7. The normalized spacial score (nSPS) is 12.4. The summed E-state index contributed by atoms with van der Waals surface area (Å²) in [7, 11) is 0. The van der Waals surface area contributed by atoms with E-state index in [1.165, 1.54) is 89.9 Å². The molecule has 2 nitrogen and oxygen atoms in total. The number of rotatable bonds is 23. The molecule has 194 valence electrons. The lowest BCUT2D eigenvalue weighted by Crippen LogP contribution is -2.47. The first-order chi connectivity index (χ1) is 15.7. The Balaban J connectivity index is 4.13. The third-order valence-corrected chi connectivity index (χ3v) is 14.0. The SMILES string of the molecule is CCCCCCCC/C=C\CCCCCCC[CH2][Al-]([CH2]C(C)C)([CH2]C(C)C)[C](=O)CC(C)=O. The molecule has 0 aliphatic rings. The fourth-order valence-corrected chi connectivity index (χ4v) is 12.7. The van der Waals surface area contributed by atoms with Gasteiger partial charge in [-0.05, 0) is 32.6 Å². The molecular formula is C30H58AlO2-. The highest BCUT2D eigenvalue weighted by Gasteiger charge is 2.37. The second kappa shape index (κ2) is 20.9. The Hall–Kier alpha value is -0.388. The van der Waals surface area contributed by atoms with Crippen molar-refractivity contribution in [3.8, 4) is 0 Å². The van der Waals surface area contributed by atoms with Crippen molar-refractivity contribution in [3.05, 3.63) is 12.2 Å². The van der Waals surface area contributed by atoms with E-state index in [9.17, 15) is 9.59 Å². The number of carbonyl (C=O) groups excluding carboxylic acids is 2. The van der Waals surface area contributed by atoms with Crippen molar-refractivity contribution >= 4 is 23.5 Å². The lowest BCUT2D eigenvalue weighted by Gasteiger charge is -2.38. The van der Waals surface area contributed by atoms with Crippen LogP contribution in [0.5, 0.6) is 0 Å². The molecule has 0 aliphatic heterocycles. The Labute approximate surface area is 210 Å². The van der Waals surface area contributed by atoms with Crippen LogP contribution in [-0.4, -0.2) is 23.5 Å². The summed E-state index contributed by atoms with van der Waals surface area (Å²) in [5, 5.41) is 3.29. The van der Waals surface area contributed by atoms with Crippen molar-refractivity contribution in [2.75, 3.05) is 0 Å². The molecule has 0 aliphatic carbocycles. The minimum absolute atomic E-state index is 0.0536. The van der Waals surface area contributed by atoms with Gasteiger partial charge in [-0.3, -0.25) is 4.79 Å². The second-order valence-electron chi connectivity index (χ2n) is 11.8. The maximum atomic E-state index is 13.2. The van der Waals surface area contributed by atoms with E-state index in [1.54, 1.807) is 6.92 Å². The maximum Gasteiger partial charge on any atom is 0.221 e. The van der Waals surface area contributed by atoms with Crippen LogP contribution in [0.3, 0.4) is 0 Å². The predicted molar refractivity (Wildman–Crippen MR) is 150 cm³/mol. The molecule has 0 aromatic rings. The van der Waals surface area contributed by atoms with Gasteiger partial charge in [-0.2, -0.15) is 15.8 Å². The standard InChI is InChI=1S/C18H35.C4H5O2.2C4H9.Al/c1-3-5-7-9-11-13-15-17-18-16-14-12-10-8-6-4-2;1-4(6)2-3-5;2*1-4(2)3;/h17-18H,1,3-16H2,2H3;2H2,1H3;2*4H,1H2,2-3H3;/q;;;;-1/b18-17-;;;;. The largest absolute Gasteiger partial charge is 0.355 e. The van der Waals surface area contributed by atoms with Crippen molar-refractivity contribution in [2.45, 2.75) is 154 Å². The number of carbonyl (C=O) groups is 2. The maximum absolute atomic E-state index is 13.2. The molecule has 0 N–H and O–H groups in total. The van der Waals surface area contributed by atoms with Gasteiger partial charge >= 0.3 is 0 Å². The molecular weight excluding hydrogens is 419 g/mol. The number of unbranched alkanes of at least 4 members (excludes halogenated alkanes) is 12. The van der Waals surface area contributed by atoms with E-state index in [-0.39, 0.29) is 12.2 Å². The van der Waals surface area contributed by atoms with Gasteiger partial charge in [0.25, 0.3) is 0 Å². The molecule has 0 radical (unpaired) electrons.